The Kier molecular flexibility index (Phi) is 7.01. The van der Waals surface area contributed by atoms with Gasteiger partial charge >= 0.3 is 6.18 Å². The second kappa shape index (κ2) is 10.4. The standard InChI is InChI=1S/C25H27F3N4O4/c26-25(27,28)19-1-2-21(32-9-7-31(8-10-32)15-17-14-29-35-16-17)20(13-19)30-24(33)23-4-3-22(36-23)18-5-11-34-12-6-18/h1-4,13-14,16,18H,5-12,15H2,(H,30,33). The quantitative estimate of drug-likeness (QED) is 0.519. The summed E-state index contributed by atoms with van der Waals surface area (Å²) in [4.78, 5) is 17.2. The van der Waals surface area contributed by atoms with Crippen molar-refractivity contribution in [2.24, 2.45) is 0 Å². The Labute approximate surface area is 206 Å². The Morgan fingerprint density at radius 2 is 1.86 bits per heavy atom. The maximum atomic E-state index is 13.5. The predicted octanol–water partition coefficient (Wildman–Crippen LogP) is 4.75. The van der Waals surface area contributed by atoms with Crippen molar-refractivity contribution in [3.05, 3.63) is 65.4 Å². The maximum absolute atomic E-state index is 13.5. The number of benzene rings is 1. The van der Waals surface area contributed by atoms with Crippen molar-refractivity contribution in [2.45, 2.75) is 31.5 Å². The SMILES string of the molecule is O=C(Nc1cc(C(F)(F)F)ccc1N1CCN(Cc2cnoc2)CC1)c1ccc(C2CCOCC2)o1. The molecule has 0 spiro atoms. The van der Waals surface area contributed by atoms with Gasteiger partial charge in [-0.05, 0) is 43.2 Å². The van der Waals surface area contributed by atoms with Crippen LogP contribution in [0.4, 0.5) is 24.5 Å². The Bertz CT molecular complexity index is 1160. The van der Waals surface area contributed by atoms with E-state index in [9.17, 15) is 18.0 Å². The highest BCUT2D eigenvalue weighted by Crippen LogP contribution is 2.36. The molecule has 8 nitrogen and oxygen atoms in total. The summed E-state index contributed by atoms with van der Waals surface area (Å²) in [6.07, 6.45) is 0.330. The number of ether oxygens (including phenoxy) is 1. The molecule has 2 aliphatic rings. The maximum Gasteiger partial charge on any atom is 0.416 e. The number of alkyl halides is 3. The molecule has 0 bridgehead atoms. The third kappa shape index (κ3) is 5.57. The topological polar surface area (TPSA) is 84.0 Å². The van der Waals surface area contributed by atoms with E-state index in [1.165, 1.54) is 6.07 Å². The molecule has 0 unspecified atom stereocenters. The van der Waals surface area contributed by atoms with Crippen LogP contribution in [0.15, 0.2) is 51.7 Å². The largest absolute Gasteiger partial charge is 0.456 e. The average Bonchev–Trinajstić information content (AvgIpc) is 3.57. The van der Waals surface area contributed by atoms with Gasteiger partial charge in [0, 0.05) is 57.4 Å². The van der Waals surface area contributed by atoms with Crippen LogP contribution in [-0.2, 0) is 17.5 Å². The number of hydrogen-bond donors (Lipinski definition) is 1. The lowest BCUT2D eigenvalue weighted by molar-refractivity contribution is -0.137. The Morgan fingerprint density at radius 3 is 2.56 bits per heavy atom. The normalized spacial score (nSPS) is 17.9. The van der Waals surface area contributed by atoms with Crippen LogP contribution < -0.4 is 10.2 Å². The minimum atomic E-state index is -4.53. The fourth-order valence-corrected chi connectivity index (χ4v) is 4.66. The number of piperazine rings is 1. The molecule has 1 aromatic carbocycles. The predicted molar refractivity (Wildman–Crippen MR) is 125 cm³/mol. The molecule has 0 aliphatic carbocycles. The van der Waals surface area contributed by atoms with Crippen molar-refractivity contribution in [1.29, 1.82) is 0 Å². The second-order valence-electron chi connectivity index (χ2n) is 9.07. The Hall–Kier alpha value is -3.31. The zero-order chi connectivity index (χ0) is 25.1. The number of carbonyl (C=O) groups is 1. The van der Waals surface area contributed by atoms with Crippen molar-refractivity contribution in [3.63, 3.8) is 0 Å². The van der Waals surface area contributed by atoms with Crippen LogP contribution in [0, 0.1) is 0 Å². The molecule has 5 rings (SSSR count). The van der Waals surface area contributed by atoms with E-state index < -0.39 is 17.6 Å². The van der Waals surface area contributed by atoms with Gasteiger partial charge in [0.25, 0.3) is 5.91 Å². The van der Waals surface area contributed by atoms with Crippen molar-refractivity contribution in [1.82, 2.24) is 10.1 Å². The molecule has 11 heteroatoms. The van der Waals surface area contributed by atoms with Gasteiger partial charge in [-0.2, -0.15) is 13.2 Å². The van der Waals surface area contributed by atoms with Gasteiger partial charge < -0.3 is 23.9 Å². The van der Waals surface area contributed by atoms with E-state index in [1.54, 1.807) is 24.6 Å². The van der Waals surface area contributed by atoms with E-state index in [0.29, 0.717) is 57.4 Å². The van der Waals surface area contributed by atoms with Crippen molar-refractivity contribution in [3.8, 4) is 0 Å². The van der Waals surface area contributed by atoms with E-state index >= 15 is 0 Å². The van der Waals surface area contributed by atoms with E-state index in [4.69, 9.17) is 13.7 Å². The zero-order valence-corrected chi connectivity index (χ0v) is 19.6. The first-order valence-electron chi connectivity index (χ1n) is 11.9. The summed E-state index contributed by atoms with van der Waals surface area (Å²) in [5.74, 6) is 0.341. The zero-order valence-electron chi connectivity index (χ0n) is 19.6. The van der Waals surface area contributed by atoms with E-state index in [0.717, 1.165) is 30.5 Å². The number of hydrogen-bond acceptors (Lipinski definition) is 7. The monoisotopic (exact) mass is 504 g/mol. The summed E-state index contributed by atoms with van der Waals surface area (Å²) in [5, 5.41) is 6.38. The van der Waals surface area contributed by atoms with Gasteiger partial charge in [0.15, 0.2) is 5.76 Å². The molecule has 4 heterocycles. The van der Waals surface area contributed by atoms with Crippen LogP contribution in [0.2, 0.25) is 0 Å². The first-order valence-corrected chi connectivity index (χ1v) is 11.9. The Balaban J connectivity index is 1.32. The number of halogens is 3. The third-order valence-electron chi connectivity index (χ3n) is 6.65. The fraction of sp³-hybridized carbons (Fsp3) is 0.440. The summed E-state index contributed by atoms with van der Waals surface area (Å²) >= 11 is 0. The second-order valence-corrected chi connectivity index (χ2v) is 9.07. The molecule has 2 fully saturated rings. The van der Waals surface area contributed by atoms with E-state index in [1.807, 2.05) is 4.90 Å². The lowest BCUT2D eigenvalue weighted by Gasteiger charge is -2.36. The van der Waals surface area contributed by atoms with Crippen LogP contribution in [-0.4, -0.2) is 55.4 Å². The number of aromatic nitrogens is 1. The summed E-state index contributed by atoms with van der Waals surface area (Å²) in [6, 6.07) is 6.77. The molecule has 3 aromatic rings. The van der Waals surface area contributed by atoms with E-state index in [-0.39, 0.29) is 17.4 Å². The van der Waals surface area contributed by atoms with Crippen molar-refractivity contribution < 1.29 is 31.6 Å². The molecule has 1 amide bonds. The lowest BCUT2D eigenvalue weighted by atomic mass is 9.98. The number of nitrogens with zero attached hydrogens (tertiary/aromatic N) is 3. The number of nitrogens with one attached hydrogen (secondary N) is 1. The van der Waals surface area contributed by atoms with Crippen molar-refractivity contribution >= 4 is 17.3 Å². The number of carbonyl (C=O) groups excluding carboxylic acids is 1. The summed E-state index contributed by atoms with van der Waals surface area (Å²) in [7, 11) is 0. The summed E-state index contributed by atoms with van der Waals surface area (Å²) in [5.41, 5.74) is 0.781. The molecule has 192 valence electrons. The molecule has 0 saturated carbocycles. The van der Waals surface area contributed by atoms with Gasteiger partial charge in [0.05, 0.1) is 23.1 Å². The molecular weight excluding hydrogens is 477 g/mol. The minimum Gasteiger partial charge on any atom is -0.456 e. The highest BCUT2D eigenvalue weighted by atomic mass is 19.4. The number of furan rings is 1. The molecule has 36 heavy (non-hydrogen) atoms. The fourth-order valence-electron chi connectivity index (χ4n) is 4.66. The van der Waals surface area contributed by atoms with Gasteiger partial charge in [-0.25, -0.2) is 0 Å². The third-order valence-corrected chi connectivity index (χ3v) is 6.65. The van der Waals surface area contributed by atoms with Crippen LogP contribution in [0.5, 0.6) is 0 Å². The smallest absolute Gasteiger partial charge is 0.416 e. The highest BCUT2D eigenvalue weighted by Gasteiger charge is 2.32. The molecule has 0 radical (unpaired) electrons. The molecule has 0 atom stereocenters. The lowest BCUT2D eigenvalue weighted by Crippen LogP contribution is -2.46. The van der Waals surface area contributed by atoms with Gasteiger partial charge in [-0.1, -0.05) is 5.16 Å². The van der Waals surface area contributed by atoms with Crippen molar-refractivity contribution in [2.75, 3.05) is 49.6 Å². The van der Waals surface area contributed by atoms with Crippen LogP contribution in [0.1, 0.15) is 46.2 Å². The highest BCUT2D eigenvalue weighted by molar-refractivity contribution is 6.04. The first kappa shape index (κ1) is 24.4. The van der Waals surface area contributed by atoms with Crippen LogP contribution in [0.25, 0.3) is 0 Å². The molecule has 2 aliphatic heterocycles. The number of anilines is 2. The van der Waals surface area contributed by atoms with E-state index in [2.05, 4.69) is 15.4 Å². The van der Waals surface area contributed by atoms with Crippen LogP contribution in [0.3, 0.4) is 0 Å². The van der Waals surface area contributed by atoms with Gasteiger partial charge in [-0.3, -0.25) is 9.69 Å². The van der Waals surface area contributed by atoms with Crippen LogP contribution >= 0.6 is 0 Å². The molecular formula is C25H27F3N4O4. The number of rotatable bonds is 6. The summed E-state index contributed by atoms with van der Waals surface area (Å²) < 4.78 is 56.4. The first-order chi connectivity index (χ1) is 17.4. The molecule has 2 aromatic heterocycles. The minimum absolute atomic E-state index is 0.0680. The summed E-state index contributed by atoms with van der Waals surface area (Å²) in [6.45, 7) is 4.53. The molecule has 2 saturated heterocycles. The number of amides is 1. The van der Waals surface area contributed by atoms with Gasteiger partial charge in [0.2, 0.25) is 0 Å². The average molecular weight is 505 g/mol. The molecule has 1 N–H and O–H groups in total. The van der Waals surface area contributed by atoms with Gasteiger partial charge in [-0.15, -0.1) is 0 Å². The Morgan fingerprint density at radius 1 is 1.08 bits per heavy atom. The van der Waals surface area contributed by atoms with Gasteiger partial charge in [0.1, 0.15) is 12.0 Å².